The largest absolute Gasteiger partial charge is 0.508 e. The van der Waals surface area contributed by atoms with Gasteiger partial charge >= 0.3 is 6.09 Å². The lowest BCUT2D eigenvalue weighted by molar-refractivity contribution is 0.0505. The van der Waals surface area contributed by atoms with E-state index in [0.717, 1.165) is 0 Å². The van der Waals surface area contributed by atoms with E-state index in [4.69, 9.17) is 10.5 Å². The number of alkyl carbamates (subject to hydrolysis) is 1. The lowest BCUT2D eigenvalue weighted by Crippen LogP contribution is -2.37. The van der Waals surface area contributed by atoms with Crippen molar-refractivity contribution in [3.63, 3.8) is 0 Å². The molecule has 0 spiro atoms. The molecule has 1 atom stereocenters. The van der Waals surface area contributed by atoms with E-state index in [2.05, 4.69) is 5.32 Å². The molecule has 0 heterocycles. The molecule has 0 aliphatic rings. The molecule has 6 nitrogen and oxygen atoms in total. The number of nitrogens with two attached hydrogens (primary N) is 1. The summed E-state index contributed by atoms with van der Waals surface area (Å²) in [7, 11) is 0. The summed E-state index contributed by atoms with van der Waals surface area (Å²) in [5, 5.41) is 21.7. The minimum atomic E-state index is -0.637. The smallest absolute Gasteiger partial charge is 0.408 e. The van der Waals surface area contributed by atoms with Gasteiger partial charge in [0.2, 0.25) is 0 Å². The van der Waals surface area contributed by atoms with Crippen LogP contribution in [0.2, 0.25) is 0 Å². The van der Waals surface area contributed by atoms with E-state index in [1.54, 1.807) is 20.8 Å². The summed E-state index contributed by atoms with van der Waals surface area (Å²) in [5.74, 6) is -0.0680. The van der Waals surface area contributed by atoms with Crippen molar-refractivity contribution >= 4 is 6.09 Å². The van der Waals surface area contributed by atoms with Crippen LogP contribution in [0.4, 0.5) is 4.79 Å². The summed E-state index contributed by atoms with van der Waals surface area (Å²) in [6, 6.07) is 3.40. The molecule has 19 heavy (non-hydrogen) atoms. The van der Waals surface area contributed by atoms with Crippen molar-refractivity contribution in [1.29, 1.82) is 0 Å². The molecule has 0 saturated heterocycles. The Bertz CT molecular complexity index is 454. The predicted molar refractivity (Wildman–Crippen MR) is 70.9 cm³/mol. The minimum absolute atomic E-state index is 0.0164. The molecule has 0 aromatic heterocycles. The standard InChI is InChI=1S/C13H20N2O4/c1-13(2,3)19-12(18)15-10(7-14)9-6-8(16)4-5-11(9)17/h4-6,10,16-17H,7,14H2,1-3H3,(H,15,18). The van der Waals surface area contributed by atoms with Crippen LogP contribution in [-0.2, 0) is 4.74 Å². The zero-order valence-corrected chi connectivity index (χ0v) is 11.3. The van der Waals surface area contributed by atoms with Crippen LogP contribution in [-0.4, -0.2) is 28.5 Å². The van der Waals surface area contributed by atoms with Gasteiger partial charge in [0.25, 0.3) is 0 Å². The second-order valence-electron chi connectivity index (χ2n) is 5.18. The highest BCUT2D eigenvalue weighted by Crippen LogP contribution is 2.27. The Kier molecular flexibility index (Phi) is 4.61. The molecule has 106 valence electrons. The van der Waals surface area contributed by atoms with Gasteiger partial charge in [-0.3, -0.25) is 0 Å². The van der Waals surface area contributed by atoms with Crippen LogP contribution < -0.4 is 11.1 Å². The molecular weight excluding hydrogens is 248 g/mol. The first-order valence-corrected chi connectivity index (χ1v) is 5.94. The number of carbonyl (C=O) groups excluding carboxylic acids is 1. The van der Waals surface area contributed by atoms with Crippen LogP contribution in [0.15, 0.2) is 18.2 Å². The number of hydrogen-bond donors (Lipinski definition) is 4. The van der Waals surface area contributed by atoms with Crippen LogP contribution in [0.5, 0.6) is 11.5 Å². The lowest BCUT2D eigenvalue weighted by Gasteiger charge is -2.23. The highest BCUT2D eigenvalue weighted by molar-refractivity contribution is 5.68. The highest BCUT2D eigenvalue weighted by atomic mass is 16.6. The molecule has 0 aliphatic heterocycles. The molecule has 1 amide bonds. The number of ether oxygens (including phenoxy) is 1. The van der Waals surface area contributed by atoms with Crippen LogP contribution >= 0.6 is 0 Å². The zero-order valence-electron chi connectivity index (χ0n) is 11.3. The number of amides is 1. The number of aromatic hydroxyl groups is 2. The maximum Gasteiger partial charge on any atom is 0.408 e. The average Bonchev–Trinajstić information content (AvgIpc) is 2.27. The molecule has 6 heteroatoms. The Morgan fingerprint density at radius 3 is 2.58 bits per heavy atom. The normalized spacial score (nSPS) is 12.8. The van der Waals surface area contributed by atoms with E-state index < -0.39 is 17.7 Å². The summed E-state index contributed by atoms with van der Waals surface area (Å²) in [6.07, 6.45) is -0.634. The van der Waals surface area contributed by atoms with Crippen molar-refractivity contribution in [1.82, 2.24) is 5.32 Å². The SMILES string of the molecule is CC(C)(C)OC(=O)NC(CN)c1cc(O)ccc1O. The number of benzene rings is 1. The van der Waals surface area contributed by atoms with Gasteiger partial charge in [-0.2, -0.15) is 0 Å². The van der Waals surface area contributed by atoms with Crippen LogP contribution in [0.25, 0.3) is 0 Å². The third-order valence-electron chi connectivity index (χ3n) is 2.31. The van der Waals surface area contributed by atoms with Crippen LogP contribution in [0.1, 0.15) is 32.4 Å². The molecule has 0 fully saturated rings. The zero-order chi connectivity index (χ0) is 14.6. The first-order chi connectivity index (χ1) is 8.73. The number of phenolic OH excluding ortho intramolecular Hbond substituents is 2. The second kappa shape index (κ2) is 5.79. The first kappa shape index (κ1) is 15.1. The van der Waals surface area contributed by atoms with Crippen molar-refractivity contribution < 1.29 is 19.7 Å². The maximum atomic E-state index is 11.7. The topological polar surface area (TPSA) is 105 Å². The quantitative estimate of drug-likeness (QED) is 0.623. The van der Waals surface area contributed by atoms with E-state index in [0.29, 0.717) is 5.56 Å². The Morgan fingerprint density at radius 2 is 2.05 bits per heavy atom. The average molecular weight is 268 g/mol. The fourth-order valence-electron chi connectivity index (χ4n) is 1.53. The van der Waals surface area contributed by atoms with Gasteiger partial charge in [-0.15, -0.1) is 0 Å². The third kappa shape index (κ3) is 4.67. The Morgan fingerprint density at radius 1 is 1.42 bits per heavy atom. The summed E-state index contributed by atoms with van der Waals surface area (Å²) in [5.41, 5.74) is 5.29. The van der Waals surface area contributed by atoms with E-state index >= 15 is 0 Å². The van der Waals surface area contributed by atoms with Crippen molar-refractivity contribution in [2.45, 2.75) is 32.4 Å². The number of hydrogen-bond acceptors (Lipinski definition) is 5. The highest BCUT2D eigenvalue weighted by Gasteiger charge is 2.21. The third-order valence-corrected chi connectivity index (χ3v) is 2.31. The van der Waals surface area contributed by atoms with Crippen LogP contribution in [0, 0.1) is 0 Å². The number of carbonyl (C=O) groups is 1. The molecule has 0 radical (unpaired) electrons. The van der Waals surface area contributed by atoms with Gasteiger partial charge in [-0.25, -0.2) is 4.79 Å². The molecule has 1 rings (SSSR count). The van der Waals surface area contributed by atoms with E-state index in [9.17, 15) is 15.0 Å². The van der Waals surface area contributed by atoms with E-state index in [1.165, 1.54) is 18.2 Å². The molecule has 5 N–H and O–H groups in total. The van der Waals surface area contributed by atoms with Gasteiger partial charge in [-0.1, -0.05) is 0 Å². The minimum Gasteiger partial charge on any atom is -0.508 e. The van der Waals surface area contributed by atoms with Crippen molar-refractivity contribution in [3.05, 3.63) is 23.8 Å². The summed E-state index contributed by atoms with van der Waals surface area (Å²) < 4.78 is 5.11. The van der Waals surface area contributed by atoms with Gasteiger partial charge in [0, 0.05) is 12.1 Å². The summed E-state index contributed by atoms with van der Waals surface area (Å²) in [4.78, 5) is 11.7. The van der Waals surface area contributed by atoms with Crippen molar-refractivity contribution in [2.24, 2.45) is 5.73 Å². The molecule has 1 unspecified atom stereocenters. The molecule has 1 aromatic carbocycles. The van der Waals surface area contributed by atoms with Crippen LogP contribution in [0.3, 0.4) is 0 Å². The van der Waals surface area contributed by atoms with Gasteiger partial charge in [0.05, 0.1) is 6.04 Å². The van der Waals surface area contributed by atoms with Gasteiger partial charge < -0.3 is 26.0 Å². The lowest BCUT2D eigenvalue weighted by atomic mass is 10.1. The molecular formula is C13H20N2O4. The monoisotopic (exact) mass is 268 g/mol. The summed E-state index contributed by atoms with van der Waals surface area (Å²) in [6.45, 7) is 5.30. The first-order valence-electron chi connectivity index (χ1n) is 5.94. The van der Waals surface area contributed by atoms with Gasteiger partial charge in [0.1, 0.15) is 17.1 Å². The fraction of sp³-hybridized carbons (Fsp3) is 0.462. The van der Waals surface area contributed by atoms with Gasteiger partial charge in [0.15, 0.2) is 0 Å². The van der Waals surface area contributed by atoms with Gasteiger partial charge in [-0.05, 0) is 39.0 Å². The molecule has 0 aliphatic carbocycles. The Balaban J connectivity index is 2.84. The second-order valence-corrected chi connectivity index (χ2v) is 5.18. The summed E-state index contributed by atoms with van der Waals surface area (Å²) >= 11 is 0. The Hall–Kier alpha value is -1.95. The Labute approximate surface area is 112 Å². The maximum absolute atomic E-state index is 11.7. The molecule has 1 aromatic rings. The number of nitrogens with one attached hydrogen (secondary N) is 1. The van der Waals surface area contributed by atoms with Crippen molar-refractivity contribution in [2.75, 3.05) is 6.54 Å². The molecule has 0 saturated carbocycles. The molecule has 0 bridgehead atoms. The fourth-order valence-corrected chi connectivity index (χ4v) is 1.53. The van der Waals surface area contributed by atoms with E-state index in [-0.39, 0.29) is 18.0 Å². The van der Waals surface area contributed by atoms with E-state index in [1.807, 2.05) is 0 Å². The predicted octanol–water partition coefficient (Wildman–Crippen LogP) is 1.62. The van der Waals surface area contributed by atoms with Crippen molar-refractivity contribution in [3.8, 4) is 11.5 Å². The number of rotatable bonds is 3. The number of phenols is 2.